The molecule has 0 aliphatic heterocycles. The molecule has 0 amide bonds. The number of pyridine rings is 1. The van der Waals surface area contributed by atoms with Crippen LogP contribution in [0.3, 0.4) is 0 Å². The molecule has 112 valence electrons. The largest absolute Gasteiger partial charge is 0.473 e. The molecule has 1 rings (SSSR count). The number of nitrogen functional groups attached to an aromatic ring is 1. The van der Waals surface area contributed by atoms with Crippen LogP contribution < -0.4 is 16.0 Å². The van der Waals surface area contributed by atoms with E-state index >= 15 is 0 Å². The van der Waals surface area contributed by atoms with Gasteiger partial charge in [0.1, 0.15) is 5.82 Å². The van der Waals surface area contributed by atoms with Crippen LogP contribution in [0.1, 0.15) is 6.42 Å². The Morgan fingerprint density at radius 1 is 1.35 bits per heavy atom. The summed E-state index contributed by atoms with van der Waals surface area (Å²) in [6.07, 6.45) is 0.586. The van der Waals surface area contributed by atoms with Gasteiger partial charge in [0.05, 0.1) is 24.7 Å². The summed E-state index contributed by atoms with van der Waals surface area (Å²) in [5.41, 5.74) is 2.10. The fourth-order valence-corrected chi connectivity index (χ4v) is 1.33. The number of methoxy groups -OCH3 is 1. The number of nitrogens with two attached hydrogens (primary N) is 1. The summed E-state index contributed by atoms with van der Waals surface area (Å²) in [7, 11) is 1.59. The number of rotatable bonds is 10. The highest BCUT2D eigenvalue weighted by molar-refractivity contribution is 5.48. The molecule has 0 fully saturated rings. The van der Waals surface area contributed by atoms with Crippen LogP contribution in [0.5, 0.6) is 5.88 Å². The lowest BCUT2D eigenvalue weighted by Crippen LogP contribution is -2.11. The van der Waals surface area contributed by atoms with Gasteiger partial charge in [0.25, 0.3) is 5.88 Å². The van der Waals surface area contributed by atoms with E-state index in [0.29, 0.717) is 32.1 Å². The van der Waals surface area contributed by atoms with Gasteiger partial charge in [-0.05, 0) is 6.07 Å². The minimum atomic E-state index is -0.558. The lowest BCUT2D eigenvalue weighted by Gasteiger charge is -2.07. The monoisotopic (exact) mass is 286 g/mol. The van der Waals surface area contributed by atoms with Gasteiger partial charge in [-0.2, -0.15) is 4.98 Å². The van der Waals surface area contributed by atoms with Gasteiger partial charge < -0.3 is 19.6 Å². The van der Waals surface area contributed by atoms with E-state index in [1.54, 1.807) is 7.11 Å². The quantitative estimate of drug-likeness (QED) is 0.279. The third-order valence-corrected chi connectivity index (χ3v) is 2.29. The topological polar surface area (TPSA) is 122 Å². The third-order valence-electron chi connectivity index (χ3n) is 2.29. The standard InChI is InChI=1S/C11H18N4O5/c1-18-7-8-19-5-2-6-20-11-9(15(16)17)3-4-10(13-11)14-12/h3-4H,2,5-8,12H2,1H3,(H,13,14). The van der Waals surface area contributed by atoms with Gasteiger partial charge >= 0.3 is 5.69 Å². The maximum atomic E-state index is 10.8. The molecule has 0 aliphatic rings. The Morgan fingerprint density at radius 3 is 2.80 bits per heavy atom. The maximum Gasteiger partial charge on any atom is 0.331 e. The van der Waals surface area contributed by atoms with Crippen molar-refractivity contribution in [3.05, 3.63) is 22.2 Å². The molecule has 9 heteroatoms. The minimum absolute atomic E-state index is 0.0673. The molecule has 0 bridgehead atoms. The van der Waals surface area contributed by atoms with Crippen molar-refractivity contribution >= 4 is 11.5 Å². The number of nitrogens with zero attached hydrogens (tertiary/aromatic N) is 2. The van der Waals surface area contributed by atoms with Gasteiger partial charge in [-0.25, -0.2) is 5.84 Å². The number of nitro groups is 1. The van der Waals surface area contributed by atoms with Gasteiger partial charge in [-0.3, -0.25) is 10.1 Å². The smallest absolute Gasteiger partial charge is 0.331 e. The SMILES string of the molecule is COCCOCCCOc1nc(NN)ccc1[N+](=O)[O-]. The lowest BCUT2D eigenvalue weighted by atomic mass is 10.4. The van der Waals surface area contributed by atoms with Crippen LogP contribution in [0.2, 0.25) is 0 Å². The van der Waals surface area contributed by atoms with Gasteiger partial charge in [0.15, 0.2) is 0 Å². The van der Waals surface area contributed by atoms with Crippen molar-refractivity contribution in [1.82, 2.24) is 4.98 Å². The Morgan fingerprint density at radius 2 is 2.15 bits per heavy atom. The third kappa shape index (κ3) is 5.34. The van der Waals surface area contributed by atoms with Crippen LogP contribution in [0.4, 0.5) is 11.5 Å². The molecule has 1 aromatic heterocycles. The van der Waals surface area contributed by atoms with Crippen LogP contribution in [-0.2, 0) is 9.47 Å². The highest BCUT2D eigenvalue weighted by atomic mass is 16.6. The Hall–Kier alpha value is -1.97. The van der Waals surface area contributed by atoms with E-state index in [9.17, 15) is 10.1 Å². The average molecular weight is 286 g/mol. The van der Waals surface area contributed by atoms with E-state index in [1.807, 2.05) is 0 Å². The summed E-state index contributed by atoms with van der Waals surface area (Å²) in [6, 6.07) is 2.69. The summed E-state index contributed by atoms with van der Waals surface area (Å²) in [6.45, 7) is 1.76. The van der Waals surface area contributed by atoms with Crippen LogP contribution in [0.25, 0.3) is 0 Å². The summed E-state index contributed by atoms with van der Waals surface area (Å²) in [4.78, 5) is 14.2. The first-order valence-corrected chi connectivity index (χ1v) is 6.00. The fourth-order valence-electron chi connectivity index (χ4n) is 1.33. The molecular formula is C11H18N4O5. The van der Waals surface area contributed by atoms with Crippen molar-refractivity contribution in [2.75, 3.05) is 39.0 Å². The molecule has 0 unspecified atom stereocenters. The number of nitrogens with one attached hydrogen (secondary N) is 1. The minimum Gasteiger partial charge on any atom is -0.473 e. The van der Waals surface area contributed by atoms with Crippen LogP contribution in [0.15, 0.2) is 12.1 Å². The second-order valence-electron chi connectivity index (χ2n) is 3.73. The molecule has 1 heterocycles. The maximum absolute atomic E-state index is 10.8. The molecule has 0 saturated heterocycles. The highest BCUT2D eigenvalue weighted by Crippen LogP contribution is 2.25. The number of hydrogen-bond donors (Lipinski definition) is 2. The number of hydrazine groups is 1. The zero-order chi connectivity index (χ0) is 14.8. The molecule has 20 heavy (non-hydrogen) atoms. The predicted octanol–water partition coefficient (Wildman–Crippen LogP) is 0.707. The van der Waals surface area contributed by atoms with Gasteiger partial charge in [0, 0.05) is 26.2 Å². The van der Waals surface area contributed by atoms with E-state index in [-0.39, 0.29) is 18.2 Å². The summed E-state index contributed by atoms with van der Waals surface area (Å²) >= 11 is 0. The molecule has 0 atom stereocenters. The van der Waals surface area contributed by atoms with Gasteiger partial charge in [0.2, 0.25) is 0 Å². The number of ether oxygens (including phenoxy) is 3. The Balaban J connectivity index is 2.43. The Kier molecular flexibility index (Phi) is 7.25. The summed E-state index contributed by atoms with van der Waals surface area (Å²) in [5.74, 6) is 5.42. The van der Waals surface area contributed by atoms with Crippen LogP contribution in [0, 0.1) is 10.1 Å². The van der Waals surface area contributed by atoms with E-state index in [0.717, 1.165) is 0 Å². The van der Waals surface area contributed by atoms with Gasteiger partial charge in [-0.15, -0.1) is 0 Å². The van der Waals surface area contributed by atoms with Crippen molar-refractivity contribution in [1.29, 1.82) is 0 Å². The first-order chi connectivity index (χ1) is 9.69. The van der Waals surface area contributed by atoms with Crippen molar-refractivity contribution < 1.29 is 19.1 Å². The zero-order valence-corrected chi connectivity index (χ0v) is 11.2. The van der Waals surface area contributed by atoms with E-state index < -0.39 is 4.92 Å². The molecule has 9 nitrogen and oxygen atoms in total. The number of anilines is 1. The van der Waals surface area contributed by atoms with Crippen molar-refractivity contribution in [3.63, 3.8) is 0 Å². The van der Waals surface area contributed by atoms with Crippen molar-refractivity contribution in [2.45, 2.75) is 6.42 Å². The Bertz CT molecular complexity index is 429. The van der Waals surface area contributed by atoms with Crippen LogP contribution >= 0.6 is 0 Å². The number of aromatic nitrogens is 1. The highest BCUT2D eigenvalue weighted by Gasteiger charge is 2.17. The summed E-state index contributed by atoms with van der Waals surface area (Å²) < 4.78 is 15.4. The molecule has 0 radical (unpaired) electrons. The first-order valence-electron chi connectivity index (χ1n) is 6.00. The summed E-state index contributed by atoms with van der Waals surface area (Å²) in [5, 5.41) is 10.8. The van der Waals surface area contributed by atoms with Gasteiger partial charge in [-0.1, -0.05) is 0 Å². The average Bonchev–Trinajstić information content (AvgIpc) is 2.45. The molecule has 1 aromatic rings. The first kappa shape index (κ1) is 16.1. The predicted molar refractivity (Wildman–Crippen MR) is 71.5 cm³/mol. The molecule has 0 aromatic carbocycles. The molecule has 0 aliphatic carbocycles. The van der Waals surface area contributed by atoms with Crippen LogP contribution in [-0.4, -0.2) is 43.4 Å². The molecule has 0 spiro atoms. The van der Waals surface area contributed by atoms with E-state index in [2.05, 4.69) is 10.4 Å². The van der Waals surface area contributed by atoms with E-state index in [1.165, 1.54) is 12.1 Å². The molecule has 3 N–H and O–H groups in total. The second-order valence-corrected chi connectivity index (χ2v) is 3.73. The zero-order valence-electron chi connectivity index (χ0n) is 11.2. The normalized spacial score (nSPS) is 10.3. The molecular weight excluding hydrogens is 268 g/mol. The van der Waals surface area contributed by atoms with E-state index in [4.69, 9.17) is 20.1 Å². The fraction of sp³-hybridized carbons (Fsp3) is 0.545. The van der Waals surface area contributed by atoms with Crippen molar-refractivity contribution in [2.24, 2.45) is 5.84 Å². The second kappa shape index (κ2) is 9.02. The van der Waals surface area contributed by atoms with Crippen molar-refractivity contribution in [3.8, 4) is 5.88 Å². The molecule has 0 saturated carbocycles. The Labute approximate surface area is 116 Å². The number of hydrogen-bond acceptors (Lipinski definition) is 8. The lowest BCUT2D eigenvalue weighted by molar-refractivity contribution is -0.386.